The number of carbonyl (C=O) groups is 1. The Morgan fingerprint density at radius 1 is 1.07 bits per heavy atom. The lowest BCUT2D eigenvalue weighted by Crippen LogP contribution is -2.09. The van der Waals surface area contributed by atoms with Gasteiger partial charge in [0, 0.05) is 11.1 Å². The number of esters is 1. The van der Waals surface area contributed by atoms with E-state index in [1.807, 2.05) is 42.5 Å². The third-order valence-corrected chi connectivity index (χ3v) is 5.13. The number of hydrogen-bond donors (Lipinski definition) is 0. The van der Waals surface area contributed by atoms with E-state index in [1.165, 1.54) is 0 Å². The maximum atomic E-state index is 12.4. The number of carbonyl (C=O) groups excluding carboxylic acids is 1. The summed E-state index contributed by atoms with van der Waals surface area (Å²) in [7, 11) is 0. The number of fused-ring (bicyclic) bond motifs is 5. The van der Waals surface area contributed by atoms with E-state index in [1.54, 1.807) is 6.92 Å². The van der Waals surface area contributed by atoms with Gasteiger partial charge >= 0.3 is 5.97 Å². The van der Waals surface area contributed by atoms with Gasteiger partial charge in [-0.05, 0) is 24.6 Å². The Morgan fingerprint density at radius 2 is 1.71 bits per heavy atom. The van der Waals surface area contributed by atoms with Gasteiger partial charge in [0.05, 0.1) is 40.4 Å². The fourth-order valence-corrected chi connectivity index (χ4v) is 3.90. The van der Waals surface area contributed by atoms with Crippen molar-refractivity contribution in [2.75, 3.05) is 6.61 Å². The molecule has 7 nitrogen and oxygen atoms in total. The average molecular weight is 385 g/mol. The normalized spacial score (nSPS) is 14.7. The number of ether oxygens (including phenoxy) is 1. The van der Waals surface area contributed by atoms with E-state index in [0.29, 0.717) is 28.0 Å². The second kappa shape index (κ2) is 6.18. The van der Waals surface area contributed by atoms with Crippen molar-refractivity contribution in [1.29, 1.82) is 5.26 Å². The Labute approximate surface area is 163 Å². The van der Waals surface area contributed by atoms with Gasteiger partial charge in [0.2, 0.25) is 0 Å². The molecule has 3 aromatic rings. The minimum absolute atomic E-state index is 0.0712. The Balaban J connectivity index is 1.85. The highest BCUT2D eigenvalue weighted by Gasteiger charge is 2.32. The molecule has 1 aliphatic heterocycles. The zero-order valence-electron chi connectivity index (χ0n) is 14.6. The molecule has 0 saturated heterocycles. The van der Waals surface area contributed by atoms with E-state index in [-0.39, 0.29) is 12.2 Å². The molecule has 0 amide bonds. The predicted octanol–water partition coefficient (Wildman–Crippen LogP) is 4.23. The highest BCUT2D eigenvalue weighted by molar-refractivity contribution is 7.58. The smallest absolute Gasteiger partial charge is 0.349 e. The monoisotopic (exact) mass is 385 g/mol. The van der Waals surface area contributed by atoms with Gasteiger partial charge in [0.1, 0.15) is 23.0 Å². The summed E-state index contributed by atoms with van der Waals surface area (Å²) >= 11 is 1.13. The summed E-state index contributed by atoms with van der Waals surface area (Å²) in [6, 6.07) is 13.2. The molecule has 2 heterocycles. The van der Waals surface area contributed by atoms with Gasteiger partial charge in [-0.2, -0.15) is 14.0 Å². The van der Waals surface area contributed by atoms with Gasteiger partial charge in [0.25, 0.3) is 0 Å². The van der Waals surface area contributed by atoms with E-state index < -0.39 is 5.97 Å². The summed E-state index contributed by atoms with van der Waals surface area (Å²) in [4.78, 5) is 21.9. The molecule has 1 aliphatic carbocycles. The quantitative estimate of drug-likeness (QED) is 0.257. The molecule has 2 aromatic carbocycles. The number of nitrogens with zero attached hydrogens (tertiary/aromatic N) is 5. The molecule has 0 spiro atoms. The minimum Gasteiger partial charge on any atom is -0.462 e. The van der Waals surface area contributed by atoms with Crippen LogP contribution < -0.4 is 0 Å². The van der Waals surface area contributed by atoms with Crippen LogP contribution in [0.1, 0.15) is 18.2 Å². The van der Waals surface area contributed by atoms with Crippen molar-refractivity contribution in [2.45, 2.75) is 6.92 Å². The molecule has 1 aromatic heterocycles. The zero-order valence-corrected chi connectivity index (χ0v) is 15.4. The zero-order chi connectivity index (χ0) is 19.3. The fraction of sp³-hybridized carbons (Fsp3) is 0.100. The van der Waals surface area contributed by atoms with Gasteiger partial charge in [-0.3, -0.25) is 0 Å². The van der Waals surface area contributed by atoms with Crippen molar-refractivity contribution in [1.82, 2.24) is 9.97 Å². The SMILES string of the molecule is CCOC(=O)/C(C#N)=C1\c2ccccc2-c2nc3cc4c(cc3nc21)N=S=N4. The number of hydrogen-bond acceptors (Lipinski definition) is 7. The van der Waals surface area contributed by atoms with E-state index >= 15 is 0 Å². The third-order valence-electron chi connectivity index (χ3n) is 4.57. The Hall–Kier alpha value is -3.70. The molecule has 28 heavy (non-hydrogen) atoms. The summed E-state index contributed by atoms with van der Waals surface area (Å²) in [5.41, 5.74) is 5.91. The Bertz CT molecular complexity index is 1350. The molecule has 0 radical (unpaired) electrons. The van der Waals surface area contributed by atoms with Crippen LogP contribution >= 0.6 is 0 Å². The molecule has 0 fully saturated rings. The Kier molecular flexibility index (Phi) is 3.64. The molecule has 0 saturated carbocycles. The first-order valence-electron chi connectivity index (χ1n) is 8.57. The number of rotatable bonds is 2. The topological polar surface area (TPSA) is 101 Å². The second-order valence-corrected chi connectivity index (χ2v) is 6.67. The maximum Gasteiger partial charge on any atom is 0.349 e. The van der Waals surface area contributed by atoms with Crippen LogP contribution in [-0.2, 0) is 20.9 Å². The van der Waals surface area contributed by atoms with Gasteiger partial charge in [-0.1, -0.05) is 24.3 Å². The molecule has 0 bridgehead atoms. The van der Waals surface area contributed by atoms with Crippen molar-refractivity contribution in [3.05, 3.63) is 53.2 Å². The first-order valence-corrected chi connectivity index (χ1v) is 9.30. The third kappa shape index (κ3) is 2.30. The van der Waals surface area contributed by atoms with Gasteiger partial charge in [-0.15, -0.1) is 0 Å². The van der Waals surface area contributed by atoms with E-state index in [0.717, 1.165) is 33.9 Å². The van der Waals surface area contributed by atoms with Crippen LogP contribution in [0.5, 0.6) is 0 Å². The molecule has 0 unspecified atom stereocenters. The first-order chi connectivity index (χ1) is 13.7. The number of nitriles is 1. The molecule has 2 aliphatic rings. The van der Waals surface area contributed by atoms with Crippen molar-refractivity contribution in [3.8, 4) is 17.3 Å². The molecule has 134 valence electrons. The second-order valence-electron chi connectivity index (χ2n) is 6.14. The lowest BCUT2D eigenvalue weighted by Gasteiger charge is -2.07. The predicted molar refractivity (Wildman–Crippen MR) is 105 cm³/mol. The molecule has 8 heteroatoms. The van der Waals surface area contributed by atoms with Crippen LogP contribution in [0.15, 0.2) is 50.7 Å². The highest BCUT2D eigenvalue weighted by Crippen LogP contribution is 2.45. The van der Waals surface area contributed by atoms with Crippen molar-refractivity contribution < 1.29 is 9.53 Å². The average Bonchev–Trinajstić information content (AvgIpc) is 3.28. The van der Waals surface area contributed by atoms with Crippen molar-refractivity contribution >= 4 is 45.3 Å². The summed E-state index contributed by atoms with van der Waals surface area (Å²) in [6.07, 6.45) is 0. The lowest BCUT2D eigenvalue weighted by molar-refractivity contribution is -0.137. The minimum atomic E-state index is -0.663. The summed E-state index contributed by atoms with van der Waals surface area (Å²) in [5, 5.41) is 9.69. The highest BCUT2D eigenvalue weighted by atomic mass is 32.1. The number of benzene rings is 2. The van der Waals surface area contributed by atoms with Crippen LogP contribution in [0.2, 0.25) is 0 Å². The summed E-state index contributed by atoms with van der Waals surface area (Å²) in [5.74, 6) is -0.663. The van der Waals surface area contributed by atoms with Crippen LogP contribution in [-0.4, -0.2) is 22.5 Å². The van der Waals surface area contributed by atoms with Gasteiger partial charge in [0.15, 0.2) is 0 Å². The van der Waals surface area contributed by atoms with E-state index in [4.69, 9.17) is 14.7 Å². The van der Waals surface area contributed by atoms with Crippen molar-refractivity contribution in [2.24, 2.45) is 8.73 Å². The van der Waals surface area contributed by atoms with Gasteiger partial charge < -0.3 is 4.74 Å². The van der Waals surface area contributed by atoms with Crippen molar-refractivity contribution in [3.63, 3.8) is 0 Å². The largest absolute Gasteiger partial charge is 0.462 e. The van der Waals surface area contributed by atoms with Crippen LogP contribution in [0.3, 0.4) is 0 Å². The molecular formula is C20H11N5O2S. The van der Waals surface area contributed by atoms with E-state index in [9.17, 15) is 10.1 Å². The summed E-state index contributed by atoms with van der Waals surface area (Å²) in [6.45, 7) is 1.89. The van der Waals surface area contributed by atoms with Crippen LogP contribution in [0, 0.1) is 11.3 Å². The molecule has 0 atom stereocenters. The van der Waals surface area contributed by atoms with Crippen LogP contribution in [0.4, 0.5) is 11.4 Å². The number of aromatic nitrogens is 2. The summed E-state index contributed by atoms with van der Waals surface area (Å²) < 4.78 is 13.6. The van der Waals surface area contributed by atoms with Crippen LogP contribution in [0.25, 0.3) is 27.9 Å². The molecule has 0 N–H and O–H groups in total. The first kappa shape index (κ1) is 16.5. The maximum absolute atomic E-state index is 12.4. The standard InChI is InChI=1S/C20H11N5O2S/c1-2-27-20(26)12(9-21)17-10-5-3-4-6-11(10)18-19(17)23-14-8-16-15(24-28-25-16)7-13(14)22-18/h3-8H,2H2,1H3/b17-12+. The molecular weight excluding hydrogens is 374 g/mol. The fourth-order valence-electron chi connectivity index (χ4n) is 3.39. The van der Waals surface area contributed by atoms with E-state index in [2.05, 4.69) is 8.73 Å². The Morgan fingerprint density at radius 3 is 2.36 bits per heavy atom. The van der Waals surface area contributed by atoms with Gasteiger partial charge in [-0.25, -0.2) is 14.8 Å². The molecule has 5 rings (SSSR count). The lowest BCUT2D eigenvalue weighted by atomic mass is 10.0.